The summed E-state index contributed by atoms with van der Waals surface area (Å²) in [5, 5.41) is 2.84. The molecule has 0 bridgehead atoms. The molecule has 0 radical (unpaired) electrons. The van der Waals surface area contributed by atoms with Crippen LogP contribution < -0.4 is 5.32 Å². The van der Waals surface area contributed by atoms with Gasteiger partial charge in [0.15, 0.2) is 0 Å². The van der Waals surface area contributed by atoms with Crippen molar-refractivity contribution in [3.05, 3.63) is 0 Å². The summed E-state index contributed by atoms with van der Waals surface area (Å²) in [4.78, 5) is 26.7. The van der Waals surface area contributed by atoms with Crippen molar-refractivity contribution in [2.45, 2.75) is 71.0 Å². The van der Waals surface area contributed by atoms with Crippen LogP contribution in [0.3, 0.4) is 0 Å². The van der Waals surface area contributed by atoms with E-state index in [2.05, 4.69) is 19.2 Å². The summed E-state index contributed by atoms with van der Waals surface area (Å²) in [6, 6.07) is -0.318. The Bertz CT molecular complexity index is 383. The molecule has 1 aliphatic carbocycles. The molecule has 0 spiro atoms. The zero-order valence-electron chi connectivity index (χ0n) is 12.0. The number of hydrogen-bond acceptors (Lipinski definition) is 2. The average molecular weight is 252 g/mol. The first-order valence-corrected chi connectivity index (χ1v) is 6.87. The number of amides is 2. The molecule has 2 fully saturated rings. The van der Waals surface area contributed by atoms with Gasteiger partial charge in [0.05, 0.1) is 0 Å². The van der Waals surface area contributed by atoms with Crippen LogP contribution in [0.25, 0.3) is 0 Å². The molecule has 2 rings (SSSR count). The van der Waals surface area contributed by atoms with Crippen molar-refractivity contribution in [2.75, 3.05) is 0 Å². The molecule has 2 aliphatic rings. The molecule has 1 aliphatic heterocycles. The van der Waals surface area contributed by atoms with Gasteiger partial charge in [0.2, 0.25) is 11.8 Å². The lowest BCUT2D eigenvalue weighted by molar-refractivity contribution is -0.161. The van der Waals surface area contributed by atoms with E-state index < -0.39 is 5.54 Å². The lowest BCUT2D eigenvalue weighted by atomic mass is 9.87. The molecule has 1 saturated carbocycles. The Morgan fingerprint density at radius 1 is 1.33 bits per heavy atom. The van der Waals surface area contributed by atoms with Gasteiger partial charge in [-0.3, -0.25) is 9.59 Å². The molecule has 2 amide bonds. The van der Waals surface area contributed by atoms with Gasteiger partial charge in [-0.2, -0.15) is 0 Å². The van der Waals surface area contributed by atoms with Gasteiger partial charge in [-0.15, -0.1) is 0 Å². The minimum absolute atomic E-state index is 0.0178. The van der Waals surface area contributed by atoms with Gasteiger partial charge in [-0.05, 0) is 52.9 Å². The SMILES string of the molecule is CCC1C(=O)NC(C)(C)C(=O)N1C(C)(C)C1CC1. The largest absolute Gasteiger partial charge is 0.340 e. The average Bonchev–Trinajstić information content (AvgIpc) is 3.05. The van der Waals surface area contributed by atoms with Gasteiger partial charge in [0.1, 0.15) is 11.6 Å². The van der Waals surface area contributed by atoms with Gasteiger partial charge in [0, 0.05) is 5.54 Å². The Labute approximate surface area is 109 Å². The maximum atomic E-state index is 12.7. The van der Waals surface area contributed by atoms with Gasteiger partial charge < -0.3 is 10.2 Å². The van der Waals surface area contributed by atoms with Crippen molar-refractivity contribution in [1.29, 1.82) is 0 Å². The van der Waals surface area contributed by atoms with Crippen molar-refractivity contribution < 1.29 is 9.59 Å². The van der Waals surface area contributed by atoms with Crippen LogP contribution in [0.1, 0.15) is 53.9 Å². The van der Waals surface area contributed by atoms with Gasteiger partial charge in [0.25, 0.3) is 0 Å². The molecule has 4 heteroatoms. The van der Waals surface area contributed by atoms with E-state index in [1.165, 1.54) is 0 Å². The van der Waals surface area contributed by atoms with E-state index in [4.69, 9.17) is 0 Å². The fourth-order valence-electron chi connectivity index (χ4n) is 3.02. The maximum absolute atomic E-state index is 12.7. The summed E-state index contributed by atoms with van der Waals surface area (Å²) < 4.78 is 0. The highest BCUT2D eigenvalue weighted by molar-refractivity contribution is 5.99. The van der Waals surface area contributed by atoms with Crippen molar-refractivity contribution in [2.24, 2.45) is 5.92 Å². The number of nitrogens with zero attached hydrogens (tertiary/aromatic N) is 1. The molecule has 1 saturated heterocycles. The second-order valence-electron chi connectivity index (χ2n) is 6.64. The number of carbonyl (C=O) groups is 2. The van der Waals surface area contributed by atoms with Crippen LogP contribution in [-0.4, -0.2) is 33.8 Å². The molecule has 0 aromatic carbocycles. The molecule has 1 N–H and O–H groups in total. The highest BCUT2D eigenvalue weighted by Gasteiger charge is 2.53. The summed E-state index contributed by atoms with van der Waals surface area (Å²) in [5.41, 5.74) is -0.998. The normalized spacial score (nSPS) is 28.3. The van der Waals surface area contributed by atoms with Crippen LogP contribution in [0.2, 0.25) is 0 Å². The molecule has 1 unspecified atom stereocenters. The van der Waals surface area contributed by atoms with E-state index in [0.29, 0.717) is 12.3 Å². The van der Waals surface area contributed by atoms with E-state index >= 15 is 0 Å². The molecule has 18 heavy (non-hydrogen) atoms. The fourth-order valence-corrected chi connectivity index (χ4v) is 3.02. The predicted molar refractivity (Wildman–Crippen MR) is 69.9 cm³/mol. The van der Waals surface area contributed by atoms with Crippen LogP contribution in [0, 0.1) is 5.92 Å². The molecular formula is C14H24N2O2. The second kappa shape index (κ2) is 3.97. The van der Waals surface area contributed by atoms with Crippen molar-refractivity contribution in [3.63, 3.8) is 0 Å². The zero-order valence-corrected chi connectivity index (χ0v) is 12.0. The summed E-state index contributed by atoms with van der Waals surface area (Å²) in [7, 11) is 0. The Balaban J connectivity index is 2.38. The Hall–Kier alpha value is -1.06. The van der Waals surface area contributed by atoms with Gasteiger partial charge in [-0.1, -0.05) is 6.92 Å². The molecular weight excluding hydrogens is 228 g/mol. The monoisotopic (exact) mass is 252 g/mol. The smallest absolute Gasteiger partial charge is 0.248 e. The van der Waals surface area contributed by atoms with E-state index in [-0.39, 0.29) is 23.4 Å². The number of nitrogens with one attached hydrogen (secondary N) is 1. The van der Waals surface area contributed by atoms with E-state index in [9.17, 15) is 9.59 Å². The summed E-state index contributed by atoms with van der Waals surface area (Å²) in [5.74, 6) is 0.568. The minimum Gasteiger partial charge on any atom is -0.340 e. The number of hydrogen-bond donors (Lipinski definition) is 1. The minimum atomic E-state index is -0.783. The first-order chi connectivity index (χ1) is 8.21. The lowest BCUT2D eigenvalue weighted by Gasteiger charge is -2.50. The number of carbonyl (C=O) groups excluding carboxylic acids is 2. The third-order valence-corrected chi connectivity index (χ3v) is 4.39. The second-order valence-corrected chi connectivity index (χ2v) is 6.64. The highest BCUT2D eigenvalue weighted by Crippen LogP contribution is 2.45. The van der Waals surface area contributed by atoms with Gasteiger partial charge >= 0.3 is 0 Å². The molecule has 0 aromatic rings. The third-order valence-electron chi connectivity index (χ3n) is 4.39. The van der Waals surface area contributed by atoms with Crippen molar-refractivity contribution in [3.8, 4) is 0 Å². The fraction of sp³-hybridized carbons (Fsp3) is 0.857. The Morgan fingerprint density at radius 2 is 1.89 bits per heavy atom. The zero-order chi connectivity index (χ0) is 13.7. The van der Waals surface area contributed by atoms with Crippen LogP contribution in [-0.2, 0) is 9.59 Å². The predicted octanol–water partition coefficient (Wildman–Crippen LogP) is 1.69. The third kappa shape index (κ3) is 1.91. The van der Waals surface area contributed by atoms with Crippen molar-refractivity contribution in [1.82, 2.24) is 10.2 Å². The molecule has 1 heterocycles. The molecule has 1 atom stereocenters. The van der Waals surface area contributed by atoms with Gasteiger partial charge in [-0.25, -0.2) is 0 Å². The standard InChI is InChI=1S/C14H24N2O2/c1-6-10-11(17)15-13(2,3)12(18)16(10)14(4,5)9-7-8-9/h9-10H,6-8H2,1-5H3,(H,15,17). The summed E-state index contributed by atoms with van der Waals surface area (Å²) >= 11 is 0. The maximum Gasteiger partial charge on any atom is 0.248 e. The first-order valence-electron chi connectivity index (χ1n) is 6.87. The lowest BCUT2D eigenvalue weighted by Crippen LogP contribution is -2.72. The highest BCUT2D eigenvalue weighted by atomic mass is 16.2. The van der Waals surface area contributed by atoms with Crippen LogP contribution >= 0.6 is 0 Å². The molecule has 0 aromatic heterocycles. The van der Waals surface area contributed by atoms with Crippen LogP contribution in [0.5, 0.6) is 0 Å². The summed E-state index contributed by atoms with van der Waals surface area (Å²) in [6.07, 6.45) is 2.99. The van der Waals surface area contributed by atoms with E-state index in [0.717, 1.165) is 12.8 Å². The number of rotatable bonds is 3. The topological polar surface area (TPSA) is 49.4 Å². The van der Waals surface area contributed by atoms with Crippen LogP contribution in [0.4, 0.5) is 0 Å². The Kier molecular flexibility index (Phi) is 2.95. The number of piperazine rings is 1. The quantitative estimate of drug-likeness (QED) is 0.831. The van der Waals surface area contributed by atoms with E-state index in [1.807, 2.05) is 11.8 Å². The summed E-state index contributed by atoms with van der Waals surface area (Å²) in [6.45, 7) is 9.73. The van der Waals surface area contributed by atoms with Crippen LogP contribution in [0.15, 0.2) is 0 Å². The first kappa shape index (κ1) is 13.4. The Morgan fingerprint density at radius 3 is 2.33 bits per heavy atom. The van der Waals surface area contributed by atoms with E-state index in [1.54, 1.807) is 13.8 Å². The van der Waals surface area contributed by atoms with Crippen molar-refractivity contribution >= 4 is 11.8 Å². The molecule has 102 valence electrons. The molecule has 4 nitrogen and oxygen atoms in total.